The first-order chi connectivity index (χ1) is 17.6. The minimum absolute atomic E-state index is 0.440. The van der Waals surface area contributed by atoms with Crippen molar-refractivity contribution in [1.82, 2.24) is 0 Å². The monoisotopic (exact) mass is 500 g/mol. The average Bonchev–Trinajstić information content (AvgIpc) is 2.88. The van der Waals surface area contributed by atoms with Gasteiger partial charge in [-0.15, -0.1) is 0 Å². The van der Waals surface area contributed by atoms with Crippen molar-refractivity contribution in [2.24, 2.45) is 0 Å². The summed E-state index contributed by atoms with van der Waals surface area (Å²) in [6.07, 6.45) is 4.58. The molecule has 0 aromatic heterocycles. The topological polar surface area (TPSA) is 55.4 Å². The third kappa shape index (κ3) is 8.90. The lowest BCUT2D eigenvalue weighted by atomic mass is 9.96. The summed E-state index contributed by atoms with van der Waals surface area (Å²) < 4.78 is 35.7. The van der Waals surface area contributed by atoms with E-state index in [0.29, 0.717) is 64.7 Å². The summed E-state index contributed by atoms with van der Waals surface area (Å²) >= 11 is 0. The normalized spacial score (nSPS) is 17.4. The standard InChI is InChI=1S/C30H44O6/c1-5-7-23(3)25-9-11-27-29(21-25)35-19-15-31-14-18-34-28-12-10-26(24(4)8-6-2)22-30(28)36-20-16-32-13-17-33-27/h9-12,21-24H,5-8,13-20H2,1-4H3. The number of benzene rings is 2. The molecular weight excluding hydrogens is 456 g/mol. The van der Waals surface area contributed by atoms with Crippen LogP contribution in [0.15, 0.2) is 36.4 Å². The zero-order chi connectivity index (χ0) is 25.6. The number of rotatable bonds is 6. The van der Waals surface area contributed by atoms with E-state index >= 15 is 0 Å². The van der Waals surface area contributed by atoms with E-state index in [1.165, 1.54) is 11.1 Å². The van der Waals surface area contributed by atoms with Gasteiger partial charge >= 0.3 is 0 Å². The lowest BCUT2D eigenvalue weighted by Gasteiger charge is -2.18. The summed E-state index contributed by atoms with van der Waals surface area (Å²) in [7, 11) is 0. The van der Waals surface area contributed by atoms with Gasteiger partial charge in [0, 0.05) is 0 Å². The lowest BCUT2D eigenvalue weighted by Crippen LogP contribution is -2.15. The molecular formula is C30H44O6. The molecule has 6 heteroatoms. The molecule has 2 atom stereocenters. The number of hydrogen-bond acceptors (Lipinski definition) is 6. The van der Waals surface area contributed by atoms with Crippen LogP contribution in [0, 0.1) is 0 Å². The number of fused-ring (bicyclic) bond motifs is 2. The molecule has 200 valence electrons. The number of ether oxygens (including phenoxy) is 6. The third-order valence-electron chi connectivity index (χ3n) is 6.46. The molecule has 0 N–H and O–H groups in total. The highest BCUT2D eigenvalue weighted by Crippen LogP contribution is 2.34. The quantitative estimate of drug-likeness (QED) is 0.437. The van der Waals surface area contributed by atoms with Crippen LogP contribution in [0.1, 0.15) is 76.3 Å². The van der Waals surface area contributed by atoms with Crippen LogP contribution >= 0.6 is 0 Å². The Balaban J connectivity index is 1.63. The van der Waals surface area contributed by atoms with Gasteiger partial charge in [-0.2, -0.15) is 0 Å². The van der Waals surface area contributed by atoms with Crippen molar-refractivity contribution in [3.8, 4) is 23.0 Å². The maximum absolute atomic E-state index is 6.06. The second kappa shape index (κ2) is 15.6. The zero-order valence-electron chi connectivity index (χ0n) is 22.6. The summed E-state index contributed by atoms with van der Waals surface area (Å²) in [5.41, 5.74) is 2.52. The summed E-state index contributed by atoms with van der Waals surface area (Å²) in [6, 6.07) is 12.5. The molecule has 6 nitrogen and oxygen atoms in total. The molecule has 0 aliphatic carbocycles. The molecule has 3 rings (SSSR count). The minimum Gasteiger partial charge on any atom is -0.487 e. The SMILES string of the molecule is CCCC(C)c1ccc2c(c1)OCCOCCOc1ccc(C(C)CCC)cc1OCCOCCO2. The van der Waals surface area contributed by atoms with Crippen LogP contribution in [-0.2, 0) is 9.47 Å². The van der Waals surface area contributed by atoms with Crippen LogP contribution < -0.4 is 18.9 Å². The fourth-order valence-corrected chi connectivity index (χ4v) is 4.37. The second-order valence-electron chi connectivity index (χ2n) is 9.41. The number of hydrogen-bond donors (Lipinski definition) is 0. The van der Waals surface area contributed by atoms with Crippen molar-refractivity contribution in [3.05, 3.63) is 47.5 Å². The van der Waals surface area contributed by atoms with Gasteiger partial charge in [0.25, 0.3) is 0 Å². The Morgan fingerprint density at radius 1 is 0.528 bits per heavy atom. The third-order valence-corrected chi connectivity index (χ3v) is 6.46. The Morgan fingerprint density at radius 3 is 1.25 bits per heavy atom. The van der Waals surface area contributed by atoms with Crippen molar-refractivity contribution in [2.45, 2.75) is 65.2 Å². The maximum atomic E-state index is 6.06. The van der Waals surface area contributed by atoms with Gasteiger partial charge in [0.2, 0.25) is 0 Å². The van der Waals surface area contributed by atoms with E-state index in [9.17, 15) is 0 Å². The molecule has 2 unspecified atom stereocenters. The van der Waals surface area contributed by atoms with E-state index in [-0.39, 0.29) is 0 Å². The van der Waals surface area contributed by atoms with Crippen LogP contribution in [0.4, 0.5) is 0 Å². The zero-order valence-corrected chi connectivity index (χ0v) is 22.6. The molecule has 0 saturated carbocycles. The van der Waals surface area contributed by atoms with Crippen LogP contribution in [-0.4, -0.2) is 52.9 Å². The van der Waals surface area contributed by atoms with Crippen molar-refractivity contribution in [1.29, 1.82) is 0 Å². The molecule has 0 radical (unpaired) electrons. The van der Waals surface area contributed by atoms with E-state index in [4.69, 9.17) is 28.4 Å². The molecule has 2 aromatic rings. The molecule has 0 spiro atoms. The fourth-order valence-electron chi connectivity index (χ4n) is 4.37. The van der Waals surface area contributed by atoms with Crippen molar-refractivity contribution < 1.29 is 28.4 Å². The Hall–Kier alpha value is -2.44. The highest BCUT2D eigenvalue weighted by atomic mass is 16.6. The maximum Gasteiger partial charge on any atom is 0.161 e. The van der Waals surface area contributed by atoms with Gasteiger partial charge in [-0.25, -0.2) is 0 Å². The van der Waals surface area contributed by atoms with Crippen LogP contribution in [0.3, 0.4) is 0 Å². The van der Waals surface area contributed by atoms with Crippen molar-refractivity contribution in [3.63, 3.8) is 0 Å². The van der Waals surface area contributed by atoms with E-state index in [1.54, 1.807) is 0 Å². The second-order valence-corrected chi connectivity index (χ2v) is 9.41. The van der Waals surface area contributed by atoms with Gasteiger partial charge in [-0.3, -0.25) is 0 Å². The highest BCUT2D eigenvalue weighted by Gasteiger charge is 2.13. The Labute approximate surface area is 217 Å². The van der Waals surface area contributed by atoms with Gasteiger partial charge in [-0.1, -0.05) is 52.7 Å². The van der Waals surface area contributed by atoms with Crippen LogP contribution in [0.2, 0.25) is 0 Å². The van der Waals surface area contributed by atoms with Crippen molar-refractivity contribution >= 4 is 0 Å². The molecule has 2 aromatic carbocycles. The molecule has 0 saturated heterocycles. The summed E-state index contributed by atoms with van der Waals surface area (Å²) in [4.78, 5) is 0. The predicted octanol–water partition coefficient (Wildman–Crippen LogP) is 6.76. The molecule has 36 heavy (non-hydrogen) atoms. The minimum atomic E-state index is 0.440. The molecule has 0 fully saturated rings. The van der Waals surface area contributed by atoms with E-state index in [2.05, 4.69) is 52.0 Å². The van der Waals surface area contributed by atoms with E-state index in [1.807, 2.05) is 12.1 Å². The van der Waals surface area contributed by atoms with Gasteiger partial charge < -0.3 is 28.4 Å². The first-order valence-corrected chi connectivity index (χ1v) is 13.6. The molecule has 1 aliphatic heterocycles. The van der Waals surface area contributed by atoms with Crippen LogP contribution in [0.25, 0.3) is 0 Å². The Kier molecular flexibility index (Phi) is 12.2. The smallest absolute Gasteiger partial charge is 0.161 e. The summed E-state index contributed by atoms with van der Waals surface area (Å²) in [5.74, 6) is 3.91. The first-order valence-electron chi connectivity index (χ1n) is 13.6. The van der Waals surface area contributed by atoms with E-state index in [0.717, 1.165) is 48.7 Å². The molecule has 0 amide bonds. The summed E-state index contributed by atoms with van der Waals surface area (Å²) in [5, 5.41) is 0. The van der Waals surface area contributed by atoms with Gasteiger partial charge in [-0.05, 0) is 60.1 Å². The Morgan fingerprint density at radius 2 is 0.889 bits per heavy atom. The fraction of sp³-hybridized carbons (Fsp3) is 0.600. The van der Waals surface area contributed by atoms with Gasteiger partial charge in [0.05, 0.1) is 26.4 Å². The van der Waals surface area contributed by atoms with Gasteiger partial charge in [0.1, 0.15) is 26.4 Å². The van der Waals surface area contributed by atoms with Gasteiger partial charge in [0.15, 0.2) is 23.0 Å². The highest BCUT2D eigenvalue weighted by molar-refractivity contribution is 5.45. The van der Waals surface area contributed by atoms with E-state index < -0.39 is 0 Å². The predicted molar refractivity (Wildman–Crippen MR) is 143 cm³/mol. The van der Waals surface area contributed by atoms with Crippen LogP contribution in [0.5, 0.6) is 23.0 Å². The largest absolute Gasteiger partial charge is 0.487 e. The van der Waals surface area contributed by atoms with Crippen molar-refractivity contribution in [2.75, 3.05) is 52.9 Å². The molecule has 1 aliphatic rings. The molecule has 1 heterocycles. The Bertz CT molecular complexity index is 826. The molecule has 0 bridgehead atoms. The first kappa shape index (κ1) is 28.1. The average molecular weight is 501 g/mol. The lowest BCUT2D eigenvalue weighted by molar-refractivity contribution is 0.0639. The summed E-state index contributed by atoms with van der Waals surface area (Å²) in [6.45, 7) is 12.6.